The summed E-state index contributed by atoms with van der Waals surface area (Å²) in [4.78, 5) is 15.5. The zero-order chi connectivity index (χ0) is 28.1. The molecule has 202 valence electrons. The number of halogens is 3. The number of H-pyrrole nitrogens is 1. The predicted molar refractivity (Wildman–Crippen MR) is 141 cm³/mol. The van der Waals surface area contributed by atoms with Crippen molar-refractivity contribution in [2.75, 3.05) is 16.9 Å². The van der Waals surface area contributed by atoms with Gasteiger partial charge in [0, 0.05) is 30.6 Å². The standard InChI is InChI=1S/C25H23F3N8O2S/c1-13-16(12-29-36(13)3)15-8-9-17(19(10-15)39(4,37)38)32-18-11-22(35-24-23(18)30-14(2)31-24)34-21-7-5-6-20(33-21)25(26,27)28/h5-12H,1-4H3,(H3,30,31,32,33,34,35). The molecule has 0 spiro atoms. The van der Waals surface area contributed by atoms with E-state index in [9.17, 15) is 21.6 Å². The van der Waals surface area contributed by atoms with Crippen molar-refractivity contribution in [1.29, 1.82) is 0 Å². The highest BCUT2D eigenvalue weighted by molar-refractivity contribution is 7.90. The molecule has 0 bridgehead atoms. The Morgan fingerprint density at radius 1 is 0.949 bits per heavy atom. The van der Waals surface area contributed by atoms with Gasteiger partial charge in [-0.05, 0) is 43.7 Å². The van der Waals surface area contributed by atoms with E-state index in [0.717, 1.165) is 23.6 Å². The molecule has 5 aromatic rings. The van der Waals surface area contributed by atoms with E-state index >= 15 is 0 Å². The average Bonchev–Trinajstić information content (AvgIpc) is 3.39. The maximum absolute atomic E-state index is 13.1. The van der Waals surface area contributed by atoms with Gasteiger partial charge in [0.15, 0.2) is 15.5 Å². The van der Waals surface area contributed by atoms with Gasteiger partial charge in [-0.3, -0.25) is 4.68 Å². The number of rotatable bonds is 6. The van der Waals surface area contributed by atoms with Gasteiger partial charge in [0.25, 0.3) is 0 Å². The van der Waals surface area contributed by atoms with Crippen LogP contribution in [0.5, 0.6) is 0 Å². The van der Waals surface area contributed by atoms with E-state index in [4.69, 9.17) is 0 Å². The van der Waals surface area contributed by atoms with Gasteiger partial charge < -0.3 is 15.6 Å². The summed E-state index contributed by atoms with van der Waals surface area (Å²) in [6.45, 7) is 3.61. The quantitative estimate of drug-likeness (QED) is 0.258. The molecule has 0 atom stereocenters. The Hall–Kier alpha value is -4.46. The number of imidazole rings is 1. The molecule has 0 saturated heterocycles. The summed E-state index contributed by atoms with van der Waals surface area (Å²) in [5.74, 6) is 0.650. The smallest absolute Gasteiger partial charge is 0.352 e. The van der Waals surface area contributed by atoms with Crippen molar-refractivity contribution in [3.05, 3.63) is 65.9 Å². The lowest BCUT2D eigenvalue weighted by Crippen LogP contribution is -2.09. The van der Waals surface area contributed by atoms with Crippen molar-refractivity contribution >= 4 is 44.0 Å². The first-order valence-corrected chi connectivity index (χ1v) is 13.5. The third-order valence-corrected chi connectivity index (χ3v) is 7.20. The summed E-state index contributed by atoms with van der Waals surface area (Å²) in [6.07, 6.45) is -1.83. The molecule has 0 aliphatic heterocycles. The highest BCUT2D eigenvalue weighted by Gasteiger charge is 2.32. The van der Waals surface area contributed by atoms with Crippen LogP contribution < -0.4 is 10.6 Å². The Bertz CT molecular complexity index is 1830. The van der Waals surface area contributed by atoms with Crippen LogP contribution in [-0.2, 0) is 23.1 Å². The van der Waals surface area contributed by atoms with Gasteiger partial charge in [0.05, 0.1) is 22.5 Å². The lowest BCUT2D eigenvalue weighted by molar-refractivity contribution is -0.141. The van der Waals surface area contributed by atoms with Crippen LogP contribution in [0.15, 0.2) is 53.6 Å². The van der Waals surface area contributed by atoms with Crippen molar-refractivity contribution < 1.29 is 21.6 Å². The van der Waals surface area contributed by atoms with Crippen LogP contribution in [0.2, 0.25) is 0 Å². The number of fused-ring (bicyclic) bond motifs is 1. The Balaban J connectivity index is 1.57. The molecule has 0 aliphatic rings. The maximum Gasteiger partial charge on any atom is 0.433 e. The van der Waals surface area contributed by atoms with Crippen molar-refractivity contribution in [2.45, 2.75) is 24.9 Å². The maximum atomic E-state index is 13.1. The number of aromatic nitrogens is 6. The first-order valence-electron chi connectivity index (χ1n) is 11.6. The molecule has 4 aromatic heterocycles. The lowest BCUT2D eigenvalue weighted by atomic mass is 10.1. The minimum atomic E-state index is -4.61. The number of hydrogen-bond acceptors (Lipinski definition) is 8. The summed E-state index contributed by atoms with van der Waals surface area (Å²) < 4.78 is 66.7. The van der Waals surface area contributed by atoms with E-state index in [2.05, 4.69) is 35.7 Å². The van der Waals surface area contributed by atoms with E-state index in [1.165, 1.54) is 18.2 Å². The number of anilines is 4. The molecule has 14 heteroatoms. The second kappa shape index (κ2) is 9.38. The minimum absolute atomic E-state index is 0.0505. The van der Waals surface area contributed by atoms with Crippen molar-refractivity contribution in [3.8, 4) is 11.1 Å². The van der Waals surface area contributed by atoms with Crippen LogP contribution in [0, 0.1) is 13.8 Å². The SMILES string of the molecule is Cc1nc2c(Nc3ccc(-c4cnn(C)c4C)cc3S(C)(=O)=O)cc(Nc3cccc(C(F)(F)F)n3)nc2[nH]1. The molecule has 0 saturated carbocycles. The fourth-order valence-corrected chi connectivity index (χ4v) is 4.95. The zero-order valence-electron chi connectivity index (χ0n) is 21.2. The van der Waals surface area contributed by atoms with E-state index in [-0.39, 0.29) is 16.5 Å². The van der Waals surface area contributed by atoms with Gasteiger partial charge in [-0.2, -0.15) is 18.3 Å². The number of aromatic amines is 1. The second-order valence-corrected chi connectivity index (χ2v) is 11.0. The van der Waals surface area contributed by atoms with Gasteiger partial charge in [0.1, 0.15) is 28.7 Å². The van der Waals surface area contributed by atoms with Gasteiger partial charge in [-0.25, -0.2) is 23.4 Å². The van der Waals surface area contributed by atoms with Crippen LogP contribution in [0.1, 0.15) is 17.2 Å². The number of aryl methyl sites for hydroxylation is 2. The van der Waals surface area contributed by atoms with Crippen molar-refractivity contribution in [1.82, 2.24) is 29.7 Å². The summed E-state index contributed by atoms with van der Waals surface area (Å²) >= 11 is 0. The van der Waals surface area contributed by atoms with Crippen molar-refractivity contribution in [2.24, 2.45) is 7.05 Å². The fraction of sp³-hybridized carbons (Fsp3) is 0.200. The number of sulfone groups is 1. The van der Waals surface area contributed by atoms with E-state index in [1.807, 2.05) is 6.92 Å². The molecule has 10 nitrogen and oxygen atoms in total. The summed E-state index contributed by atoms with van der Waals surface area (Å²) in [7, 11) is -1.88. The number of nitrogens with one attached hydrogen (secondary N) is 3. The second-order valence-electron chi connectivity index (χ2n) is 8.98. The third kappa shape index (κ3) is 5.27. The minimum Gasteiger partial charge on any atom is -0.352 e. The van der Waals surface area contributed by atoms with Crippen LogP contribution in [0.4, 0.5) is 36.2 Å². The van der Waals surface area contributed by atoms with Gasteiger partial charge in [-0.15, -0.1) is 0 Å². The first kappa shape index (κ1) is 26.2. The summed E-state index contributed by atoms with van der Waals surface area (Å²) in [6, 6.07) is 10.0. The Morgan fingerprint density at radius 2 is 1.72 bits per heavy atom. The van der Waals surface area contributed by atoms with E-state index in [0.29, 0.717) is 33.9 Å². The average molecular weight is 557 g/mol. The molecular formula is C25H23F3N8O2S. The molecule has 4 heterocycles. The highest BCUT2D eigenvalue weighted by Crippen LogP contribution is 2.35. The fourth-order valence-electron chi connectivity index (χ4n) is 4.09. The Labute approximate surface area is 221 Å². The van der Waals surface area contributed by atoms with Crippen LogP contribution in [0.3, 0.4) is 0 Å². The lowest BCUT2D eigenvalue weighted by Gasteiger charge is -2.15. The first-order chi connectivity index (χ1) is 18.3. The predicted octanol–water partition coefficient (Wildman–Crippen LogP) is 5.28. The normalized spacial score (nSPS) is 12.2. The number of benzene rings is 1. The molecule has 0 fully saturated rings. The van der Waals surface area contributed by atoms with Crippen LogP contribution in [0.25, 0.3) is 22.3 Å². The summed E-state index contributed by atoms with van der Waals surface area (Å²) in [5, 5.41) is 10.2. The number of alkyl halides is 3. The van der Waals surface area contributed by atoms with Crippen LogP contribution in [-0.4, -0.2) is 44.4 Å². The van der Waals surface area contributed by atoms with Gasteiger partial charge in [0.2, 0.25) is 0 Å². The summed E-state index contributed by atoms with van der Waals surface area (Å²) in [5.41, 5.74) is 2.73. The Kier molecular flexibility index (Phi) is 6.29. The van der Waals surface area contributed by atoms with Gasteiger partial charge in [-0.1, -0.05) is 12.1 Å². The monoisotopic (exact) mass is 556 g/mol. The largest absolute Gasteiger partial charge is 0.433 e. The topological polar surface area (TPSA) is 130 Å². The van der Waals surface area contributed by atoms with Crippen LogP contribution >= 0.6 is 0 Å². The zero-order valence-corrected chi connectivity index (χ0v) is 22.0. The number of hydrogen-bond donors (Lipinski definition) is 3. The Morgan fingerprint density at radius 3 is 2.38 bits per heavy atom. The molecule has 39 heavy (non-hydrogen) atoms. The molecule has 0 radical (unpaired) electrons. The molecule has 5 rings (SSSR count). The number of pyridine rings is 2. The van der Waals surface area contributed by atoms with E-state index in [1.54, 1.807) is 43.0 Å². The molecule has 0 aliphatic carbocycles. The third-order valence-electron chi connectivity index (χ3n) is 6.06. The molecule has 0 unspecified atom stereocenters. The van der Waals surface area contributed by atoms with E-state index < -0.39 is 21.7 Å². The molecular weight excluding hydrogens is 533 g/mol. The van der Waals surface area contributed by atoms with Gasteiger partial charge >= 0.3 is 6.18 Å². The molecule has 3 N–H and O–H groups in total. The molecule has 0 amide bonds. The molecule has 1 aromatic carbocycles. The highest BCUT2D eigenvalue weighted by atomic mass is 32.2. The van der Waals surface area contributed by atoms with Crippen molar-refractivity contribution in [3.63, 3.8) is 0 Å². The number of nitrogens with zero attached hydrogens (tertiary/aromatic N) is 5.